The van der Waals surface area contributed by atoms with Crippen LogP contribution >= 0.6 is 23.1 Å². The summed E-state index contributed by atoms with van der Waals surface area (Å²) in [6.07, 6.45) is 1.71. The lowest BCUT2D eigenvalue weighted by Crippen LogP contribution is -2.27. The van der Waals surface area contributed by atoms with E-state index in [1.54, 1.807) is 15.4 Å². The van der Waals surface area contributed by atoms with Crippen LogP contribution in [0.4, 0.5) is 5.13 Å². The Morgan fingerprint density at radius 3 is 2.93 bits per heavy atom. The molecule has 0 saturated carbocycles. The van der Waals surface area contributed by atoms with Gasteiger partial charge in [0, 0.05) is 12.2 Å². The largest absolute Gasteiger partial charge is 0.300 e. The topological polar surface area (TPSA) is 108 Å². The van der Waals surface area contributed by atoms with E-state index >= 15 is 0 Å². The van der Waals surface area contributed by atoms with Crippen LogP contribution in [0.25, 0.3) is 16.7 Å². The van der Waals surface area contributed by atoms with Crippen LogP contribution in [0, 0.1) is 13.8 Å². The molecule has 1 aromatic carbocycles. The van der Waals surface area contributed by atoms with Crippen LogP contribution < -0.4 is 10.9 Å². The summed E-state index contributed by atoms with van der Waals surface area (Å²) >= 11 is 2.79. The monoisotopic (exact) mass is 439 g/mol. The molecule has 0 aliphatic carbocycles. The van der Waals surface area contributed by atoms with Crippen molar-refractivity contribution in [3.63, 3.8) is 0 Å². The van der Waals surface area contributed by atoms with E-state index in [1.165, 1.54) is 23.1 Å². The van der Waals surface area contributed by atoms with E-state index in [0.29, 0.717) is 27.1 Å². The molecule has 1 N–H and O–H groups in total. The Kier molecular flexibility index (Phi) is 4.63. The maximum atomic E-state index is 13.2. The Morgan fingerprint density at radius 1 is 1.30 bits per heavy atom. The standard InChI is InChI=1S/C19H17N7O2S2/c1-10-4-3-5-12(6-10)26-16-14(8-20-26)17(28)25-13(9-29-19(25)22-16)7-15(27)21-18-24-23-11(2)30-18/h3-6,8,13H,7,9H2,1-2H3,(H,21,24,27)/t13-/m0/s1. The lowest BCUT2D eigenvalue weighted by Gasteiger charge is -2.12. The third-order valence-corrected chi connectivity index (χ3v) is 6.66. The number of anilines is 1. The lowest BCUT2D eigenvalue weighted by molar-refractivity contribution is -0.116. The molecule has 0 bridgehead atoms. The van der Waals surface area contributed by atoms with Crippen molar-refractivity contribution in [3.8, 4) is 5.69 Å². The van der Waals surface area contributed by atoms with Gasteiger partial charge in [-0.3, -0.25) is 14.2 Å². The van der Waals surface area contributed by atoms with Gasteiger partial charge in [-0.25, -0.2) is 9.67 Å². The van der Waals surface area contributed by atoms with E-state index in [0.717, 1.165) is 16.3 Å². The lowest BCUT2D eigenvalue weighted by atomic mass is 10.2. The van der Waals surface area contributed by atoms with Gasteiger partial charge in [-0.2, -0.15) is 5.10 Å². The highest BCUT2D eigenvalue weighted by atomic mass is 32.2. The van der Waals surface area contributed by atoms with Crippen LogP contribution in [0.15, 0.2) is 40.4 Å². The minimum absolute atomic E-state index is 0.164. The molecule has 11 heteroatoms. The number of rotatable bonds is 4. The average Bonchev–Trinajstić information content (AvgIpc) is 3.41. The fraction of sp³-hybridized carbons (Fsp3) is 0.263. The molecule has 0 fully saturated rings. The van der Waals surface area contributed by atoms with Gasteiger partial charge in [0.25, 0.3) is 5.56 Å². The predicted octanol–water partition coefficient (Wildman–Crippen LogP) is 2.73. The van der Waals surface area contributed by atoms with Gasteiger partial charge in [-0.15, -0.1) is 10.2 Å². The van der Waals surface area contributed by atoms with Crippen molar-refractivity contribution in [2.75, 3.05) is 11.1 Å². The number of carbonyl (C=O) groups is 1. The number of aromatic nitrogens is 6. The van der Waals surface area contributed by atoms with Gasteiger partial charge >= 0.3 is 0 Å². The average molecular weight is 440 g/mol. The number of nitrogens with one attached hydrogen (secondary N) is 1. The summed E-state index contributed by atoms with van der Waals surface area (Å²) in [6.45, 7) is 3.83. The maximum Gasteiger partial charge on any atom is 0.265 e. The number of thioether (sulfide) groups is 1. The van der Waals surface area contributed by atoms with Crippen molar-refractivity contribution < 1.29 is 4.79 Å². The minimum Gasteiger partial charge on any atom is -0.300 e. The van der Waals surface area contributed by atoms with Crippen LogP contribution in [0.3, 0.4) is 0 Å². The van der Waals surface area contributed by atoms with Crippen LogP contribution in [-0.4, -0.2) is 41.2 Å². The third kappa shape index (κ3) is 3.29. The molecule has 4 heterocycles. The third-order valence-electron chi connectivity index (χ3n) is 4.81. The molecular formula is C19H17N7O2S2. The molecule has 1 aliphatic heterocycles. The number of nitrogens with zero attached hydrogens (tertiary/aromatic N) is 6. The molecule has 30 heavy (non-hydrogen) atoms. The van der Waals surface area contributed by atoms with Crippen LogP contribution in [-0.2, 0) is 4.79 Å². The summed E-state index contributed by atoms with van der Waals surface area (Å²) in [5.74, 6) is 0.405. The zero-order chi connectivity index (χ0) is 20.8. The predicted molar refractivity (Wildman–Crippen MR) is 116 cm³/mol. The Hall–Kier alpha value is -3.05. The van der Waals surface area contributed by atoms with Gasteiger partial charge in [0.2, 0.25) is 11.0 Å². The van der Waals surface area contributed by atoms with Crippen LogP contribution in [0.5, 0.6) is 0 Å². The van der Waals surface area contributed by atoms with Crippen LogP contribution in [0.2, 0.25) is 0 Å². The van der Waals surface area contributed by atoms with Crippen molar-refractivity contribution in [2.45, 2.75) is 31.5 Å². The normalized spacial score (nSPS) is 15.5. The van der Waals surface area contributed by atoms with Crippen LogP contribution in [0.1, 0.15) is 23.0 Å². The van der Waals surface area contributed by atoms with E-state index in [2.05, 4.69) is 20.6 Å². The molecule has 1 aliphatic rings. The number of benzene rings is 1. The Balaban J connectivity index is 1.47. The first-order valence-corrected chi connectivity index (χ1v) is 11.1. The second-order valence-electron chi connectivity index (χ2n) is 7.05. The van der Waals surface area contributed by atoms with Crippen molar-refractivity contribution in [1.82, 2.24) is 29.5 Å². The molecule has 0 saturated heterocycles. The molecule has 3 aromatic heterocycles. The van der Waals surface area contributed by atoms with E-state index in [1.807, 2.05) is 38.1 Å². The van der Waals surface area contributed by atoms with Gasteiger partial charge < -0.3 is 5.32 Å². The molecule has 0 spiro atoms. The number of hydrogen-bond acceptors (Lipinski definition) is 8. The summed E-state index contributed by atoms with van der Waals surface area (Å²) in [7, 11) is 0. The van der Waals surface area contributed by atoms with Crippen molar-refractivity contribution in [2.24, 2.45) is 0 Å². The summed E-state index contributed by atoms with van der Waals surface area (Å²) in [5, 5.41) is 17.2. The summed E-state index contributed by atoms with van der Waals surface area (Å²) < 4.78 is 3.29. The molecule has 5 rings (SSSR count). The zero-order valence-electron chi connectivity index (χ0n) is 16.2. The summed E-state index contributed by atoms with van der Waals surface area (Å²) in [5.41, 5.74) is 2.30. The van der Waals surface area contributed by atoms with E-state index in [4.69, 9.17) is 4.98 Å². The highest BCUT2D eigenvalue weighted by Gasteiger charge is 2.29. The Labute approximate surface area is 179 Å². The molecular weight excluding hydrogens is 422 g/mol. The first kappa shape index (κ1) is 18.9. The molecule has 0 radical (unpaired) electrons. The number of aryl methyl sites for hydroxylation is 2. The second-order valence-corrected chi connectivity index (χ2v) is 9.21. The Bertz CT molecular complexity index is 1340. The van der Waals surface area contributed by atoms with Crippen molar-refractivity contribution in [3.05, 3.63) is 51.4 Å². The first-order chi connectivity index (χ1) is 14.5. The van der Waals surface area contributed by atoms with E-state index in [9.17, 15) is 9.59 Å². The fourth-order valence-corrected chi connectivity index (χ4v) is 5.20. The molecule has 1 atom stereocenters. The van der Waals surface area contributed by atoms with Crippen molar-refractivity contribution in [1.29, 1.82) is 0 Å². The van der Waals surface area contributed by atoms with E-state index in [-0.39, 0.29) is 23.9 Å². The van der Waals surface area contributed by atoms with Gasteiger partial charge in [-0.1, -0.05) is 35.2 Å². The molecule has 9 nitrogen and oxygen atoms in total. The summed E-state index contributed by atoms with van der Waals surface area (Å²) in [4.78, 5) is 30.3. The van der Waals surface area contributed by atoms with Gasteiger partial charge in [0.1, 0.15) is 10.4 Å². The first-order valence-electron chi connectivity index (χ1n) is 9.29. The minimum atomic E-state index is -0.272. The number of amides is 1. The molecule has 152 valence electrons. The molecule has 4 aromatic rings. The van der Waals surface area contributed by atoms with Gasteiger partial charge in [0.15, 0.2) is 10.8 Å². The molecule has 1 amide bonds. The van der Waals surface area contributed by atoms with E-state index < -0.39 is 0 Å². The highest BCUT2D eigenvalue weighted by molar-refractivity contribution is 7.99. The smallest absolute Gasteiger partial charge is 0.265 e. The quantitative estimate of drug-likeness (QED) is 0.487. The number of carbonyl (C=O) groups excluding carboxylic acids is 1. The SMILES string of the molecule is Cc1cccc(-n2ncc3c(=O)n4c(nc32)SC[C@@H]4CC(=O)Nc2nnc(C)s2)c1. The highest BCUT2D eigenvalue weighted by Crippen LogP contribution is 2.33. The number of hydrogen-bond donors (Lipinski definition) is 1. The van der Waals surface area contributed by atoms with Crippen molar-refractivity contribution >= 4 is 45.2 Å². The van der Waals surface area contributed by atoms with Gasteiger partial charge in [-0.05, 0) is 31.5 Å². The maximum absolute atomic E-state index is 13.2. The number of fused-ring (bicyclic) bond motifs is 2. The Morgan fingerprint density at radius 2 is 2.17 bits per heavy atom. The second kappa shape index (κ2) is 7.33. The molecule has 0 unspecified atom stereocenters. The van der Waals surface area contributed by atoms with Gasteiger partial charge in [0.05, 0.1) is 17.9 Å². The summed E-state index contributed by atoms with van der Waals surface area (Å²) in [6, 6.07) is 7.60. The fourth-order valence-electron chi connectivity index (χ4n) is 3.46. The zero-order valence-corrected chi connectivity index (χ0v) is 17.8.